The van der Waals surface area contributed by atoms with Crippen LogP contribution in [0.5, 0.6) is 0 Å². The monoisotopic (exact) mass is 201 g/mol. The van der Waals surface area contributed by atoms with Crippen molar-refractivity contribution in [2.75, 3.05) is 18.1 Å². The molecular weight excluding hydrogens is 190 g/mol. The second-order valence-electron chi connectivity index (χ2n) is 2.32. The lowest BCUT2D eigenvalue weighted by atomic mass is 10.5. The van der Waals surface area contributed by atoms with Crippen molar-refractivity contribution in [2.24, 2.45) is 0 Å². The molecule has 0 spiro atoms. The van der Waals surface area contributed by atoms with E-state index in [1.54, 1.807) is 12.0 Å². The van der Waals surface area contributed by atoms with Gasteiger partial charge in [-0.3, -0.25) is 0 Å². The second kappa shape index (κ2) is 5.60. The molecule has 0 aromatic carbocycles. The Bertz CT molecular complexity index is 290. The molecule has 1 aliphatic rings. The average Bonchev–Trinajstić information content (AvgIpc) is 2.59. The van der Waals surface area contributed by atoms with Crippen molar-refractivity contribution in [1.29, 1.82) is 0 Å². The zero-order valence-corrected chi connectivity index (χ0v) is 7.84. The fraction of sp³-hybridized carbons (Fsp3) is 0.429. The molecule has 2 rings (SSSR count). The van der Waals surface area contributed by atoms with Crippen LogP contribution in [-0.4, -0.2) is 22.3 Å². The van der Waals surface area contributed by atoms with E-state index in [-0.39, 0.29) is 5.82 Å². The van der Waals surface area contributed by atoms with E-state index in [1.165, 1.54) is 24.4 Å². The standard InChI is InChI=1S/C4H5N3O.C3H6OS/c5-3-1-2-6-4(8)7-3;1-2-4-5-3-1/h1-2H,(H3,5,6,7,8);1-3H2. The van der Waals surface area contributed by atoms with Crippen LogP contribution in [0.4, 0.5) is 5.82 Å². The highest BCUT2D eigenvalue weighted by Gasteiger charge is 1.96. The molecule has 1 aromatic heterocycles. The van der Waals surface area contributed by atoms with Crippen LogP contribution in [0.25, 0.3) is 0 Å². The Kier molecular flexibility index (Phi) is 4.34. The van der Waals surface area contributed by atoms with Gasteiger partial charge in [-0.15, -0.1) is 0 Å². The fourth-order valence-corrected chi connectivity index (χ4v) is 1.27. The number of nitrogens with zero attached hydrogens (tertiary/aromatic N) is 1. The quantitative estimate of drug-likeness (QED) is 0.594. The summed E-state index contributed by atoms with van der Waals surface area (Å²) in [5, 5.41) is 0. The molecule has 6 heteroatoms. The largest absolute Gasteiger partial charge is 0.383 e. The van der Waals surface area contributed by atoms with E-state index >= 15 is 0 Å². The molecule has 0 unspecified atom stereocenters. The van der Waals surface area contributed by atoms with E-state index in [0.29, 0.717) is 0 Å². The first-order valence-electron chi connectivity index (χ1n) is 3.84. The van der Waals surface area contributed by atoms with Gasteiger partial charge in [-0.1, -0.05) is 0 Å². The van der Waals surface area contributed by atoms with E-state index in [0.717, 1.165) is 6.61 Å². The first-order chi connectivity index (χ1) is 6.29. The maximum atomic E-state index is 10.2. The molecule has 0 amide bonds. The Morgan fingerprint density at radius 2 is 2.54 bits per heavy atom. The van der Waals surface area contributed by atoms with E-state index < -0.39 is 5.69 Å². The molecule has 0 saturated carbocycles. The summed E-state index contributed by atoms with van der Waals surface area (Å²) < 4.78 is 4.86. The molecule has 1 aliphatic heterocycles. The van der Waals surface area contributed by atoms with Gasteiger partial charge in [0.15, 0.2) is 0 Å². The molecule has 1 aromatic rings. The maximum absolute atomic E-state index is 10.2. The van der Waals surface area contributed by atoms with Crippen LogP contribution in [0.2, 0.25) is 0 Å². The summed E-state index contributed by atoms with van der Waals surface area (Å²) in [5.41, 5.74) is 4.72. The first kappa shape index (κ1) is 10.1. The highest BCUT2D eigenvalue weighted by Crippen LogP contribution is 2.11. The SMILES string of the molecule is C1COSC1.Nc1cc[nH]c(=O)n1. The van der Waals surface area contributed by atoms with Gasteiger partial charge in [0.05, 0.1) is 6.61 Å². The highest BCUT2D eigenvalue weighted by atomic mass is 32.2. The summed E-state index contributed by atoms with van der Waals surface area (Å²) in [6.45, 7) is 0.963. The molecule has 1 fully saturated rings. The molecule has 72 valence electrons. The van der Waals surface area contributed by atoms with E-state index in [1.807, 2.05) is 0 Å². The number of hydrogen-bond donors (Lipinski definition) is 2. The van der Waals surface area contributed by atoms with Gasteiger partial charge in [-0.2, -0.15) is 4.98 Å². The van der Waals surface area contributed by atoms with Crippen molar-refractivity contribution in [2.45, 2.75) is 6.42 Å². The summed E-state index contributed by atoms with van der Waals surface area (Å²) in [6.07, 6.45) is 2.69. The van der Waals surface area contributed by atoms with Crippen molar-refractivity contribution in [1.82, 2.24) is 9.97 Å². The van der Waals surface area contributed by atoms with E-state index in [4.69, 9.17) is 9.92 Å². The van der Waals surface area contributed by atoms with Crippen LogP contribution >= 0.6 is 12.0 Å². The summed E-state index contributed by atoms with van der Waals surface area (Å²) in [5.74, 6) is 1.44. The van der Waals surface area contributed by atoms with Gasteiger partial charge in [0.2, 0.25) is 0 Å². The van der Waals surface area contributed by atoms with E-state index in [2.05, 4.69) is 9.97 Å². The van der Waals surface area contributed by atoms with Gasteiger partial charge in [-0.05, 0) is 24.5 Å². The zero-order valence-electron chi connectivity index (χ0n) is 7.03. The van der Waals surface area contributed by atoms with Crippen LogP contribution in [0.3, 0.4) is 0 Å². The average molecular weight is 201 g/mol. The van der Waals surface area contributed by atoms with Crippen LogP contribution in [0.1, 0.15) is 6.42 Å². The van der Waals surface area contributed by atoms with Gasteiger partial charge in [0.1, 0.15) is 5.82 Å². The Balaban J connectivity index is 0.000000145. The Morgan fingerprint density at radius 1 is 1.69 bits per heavy atom. The molecule has 3 N–H and O–H groups in total. The van der Waals surface area contributed by atoms with Gasteiger partial charge in [0.25, 0.3) is 0 Å². The van der Waals surface area contributed by atoms with Crippen LogP contribution in [-0.2, 0) is 4.18 Å². The number of aromatic amines is 1. The smallest absolute Gasteiger partial charge is 0.346 e. The normalized spacial score (nSPS) is 14.8. The third kappa shape index (κ3) is 4.54. The molecule has 13 heavy (non-hydrogen) atoms. The summed E-state index contributed by atoms with van der Waals surface area (Å²) in [4.78, 5) is 15.9. The van der Waals surface area contributed by atoms with Crippen LogP contribution in [0, 0.1) is 0 Å². The summed E-state index contributed by atoms with van der Waals surface area (Å²) >= 11 is 1.57. The number of anilines is 1. The molecule has 0 atom stereocenters. The number of aromatic nitrogens is 2. The fourth-order valence-electron chi connectivity index (χ4n) is 0.680. The predicted octanol–water partition coefficient (Wildman–Crippen LogP) is 0.407. The summed E-state index contributed by atoms with van der Waals surface area (Å²) in [6, 6.07) is 1.52. The zero-order chi connectivity index (χ0) is 9.52. The Morgan fingerprint density at radius 3 is 2.85 bits per heavy atom. The maximum Gasteiger partial charge on any atom is 0.346 e. The van der Waals surface area contributed by atoms with Gasteiger partial charge in [-0.25, -0.2) is 4.79 Å². The number of nitrogens with two attached hydrogens (primary N) is 1. The topological polar surface area (TPSA) is 81.0 Å². The lowest BCUT2D eigenvalue weighted by molar-refractivity contribution is 0.404. The van der Waals surface area contributed by atoms with Crippen molar-refractivity contribution in [3.63, 3.8) is 0 Å². The summed E-state index contributed by atoms with van der Waals surface area (Å²) in [7, 11) is 0. The van der Waals surface area contributed by atoms with Crippen molar-refractivity contribution >= 4 is 17.9 Å². The second-order valence-corrected chi connectivity index (χ2v) is 3.20. The Labute approximate surface area is 79.9 Å². The number of H-pyrrole nitrogens is 1. The molecule has 1 saturated heterocycles. The van der Waals surface area contributed by atoms with Crippen molar-refractivity contribution < 1.29 is 4.18 Å². The van der Waals surface area contributed by atoms with Crippen LogP contribution in [0.15, 0.2) is 17.1 Å². The van der Waals surface area contributed by atoms with Crippen molar-refractivity contribution in [3.05, 3.63) is 22.7 Å². The molecular formula is C7H11N3O2S. The molecule has 5 nitrogen and oxygen atoms in total. The number of nitrogens with one attached hydrogen (secondary N) is 1. The lowest BCUT2D eigenvalue weighted by Gasteiger charge is -1.83. The predicted molar refractivity (Wildman–Crippen MR) is 52.3 cm³/mol. The van der Waals surface area contributed by atoms with E-state index in [9.17, 15) is 4.79 Å². The lowest BCUT2D eigenvalue weighted by Crippen LogP contribution is -2.10. The molecule has 0 radical (unpaired) electrons. The Hall–Kier alpha value is -1.01. The minimum absolute atomic E-state index is 0.244. The highest BCUT2D eigenvalue weighted by molar-refractivity contribution is 7.94. The number of nitrogen functional groups attached to an aromatic ring is 1. The van der Waals surface area contributed by atoms with Crippen LogP contribution < -0.4 is 11.4 Å². The van der Waals surface area contributed by atoms with Gasteiger partial charge < -0.3 is 14.9 Å². The molecule has 0 bridgehead atoms. The van der Waals surface area contributed by atoms with Gasteiger partial charge >= 0.3 is 5.69 Å². The van der Waals surface area contributed by atoms with Crippen molar-refractivity contribution in [3.8, 4) is 0 Å². The molecule has 2 heterocycles. The first-order valence-corrected chi connectivity index (χ1v) is 4.76. The minimum Gasteiger partial charge on any atom is -0.383 e. The minimum atomic E-state index is -0.412. The van der Waals surface area contributed by atoms with Gasteiger partial charge in [0, 0.05) is 11.9 Å². The number of rotatable bonds is 0. The molecule has 0 aliphatic carbocycles. The third-order valence-corrected chi connectivity index (χ3v) is 2.02. The number of hydrogen-bond acceptors (Lipinski definition) is 5. The third-order valence-electron chi connectivity index (χ3n) is 1.23.